The van der Waals surface area contributed by atoms with Crippen LogP contribution < -0.4 is 0 Å². The SMILES string of the molecule is CC(C)(C)c1ccc(C=O)c(C#C[Si](C)(C)C)n1. The normalized spacial score (nSPS) is 11.7. The van der Waals surface area contributed by atoms with E-state index in [1.165, 1.54) is 0 Å². The predicted octanol–water partition coefficient (Wildman–Crippen LogP) is 3.42. The molecular formula is C15H21NOSi. The lowest BCUT2D eigenvalue weighted by molar-refractivity contribution is 0.112. The van der Waals surface area contributed by atoms with Crippen molar-refractivity contribution in [1.29, 1.82) is 0 Å². The lowest BCUT2D eigenvalue weighted by Gasteiger charge is -2.18. The molecule has 2 nitrogen and oxygen atoms in total. The van der Waals surface area contributed by atoms with Gasteiger partial charge in [0.1, 0.15) is 13.8 Å². The monoisotopic (exact) mass is 259 g/mol. The van der Waals surface area contributed by atoms with Crippen LogP contribution in [-0.4, -0.2) is 19.3 Å². The minimum atomic E-state index is -1.46. The van der Waals surface area contributed by atoms with Gasteiger partial charge in [-0.25, -0.2) is 4.98 Å². The van der Waals surface area contributed by atoms with Gasteiger partial charge >= 0.3 is 0 Å². The first-order chi connectivity index (χ1) is 8.13. The maximum absolute atomic E-state index is 11.0. The molecule has 0 aromatic carbocycles. The van der Waals surface area contributed by atoms with Crippen molar-refractivity contribution < 1.29 is 4.79 Å². The minimum Gasteiger partial charge on any atom is -0.298 e. The van der Waals surface area contributed by atoms with Gasteiger partial charge in [0, 0.05) is 16.7 Å². The smallest absolute Gasteiger partial charge is 0.152 e. The molecule has 0 radical (unpaired) electrons. The Kier molecular flexibility index (Phi) is 4.13. The molecule has 0 saturated heterocycles. The Balaban J connectivity index is 3.31. The molecule has 0 aliphatic heterocycles. The van der Waals surface area contributed by atoms with Crippen LogP contribution in [-0.2, 0) is 5.41 Å². The van der Waals surface area contributed by atoms with Crippen molar-refractivity contribution in [1.82, 2.24) is 4.98 Å². The fraction of sp³-hybridized carbons (Fsp3) is 0.467. The van der Waals surface area contributed by atoms with Crippen molar-refractivity contribution in [2.45, 2.75) is 45.8 Å². The Morgan fingerprint density at radius 1 is 1.22 bits per heavy atom. The Labute approximate surface area is 111 Å². The summed E-state index contributed by atoms with van der Waals surface area (Å²) in [5.74, 6) is 3.09. The summed E-state index contributed by atoms with van der Waals surface area (Å²) >= 11 is 0. The maximum Gasteiger partial charge on any atom is 0.152 e. The van der Waals surface area contributed by atoms with Crippen LogP contribution in [0.5, 0.6) is 0 Å². The van der Waals surface area contributed by atoms with Gasteiger partial charge in [0.2, 0.25) is 0 Å². The van der Waals surface area contributed by atoms with Crippen molar-refractivity contribution in [3.63, 3.8) is 0 Å². The molecule has 0 atom stereocenters. The van der Waals surface area contributed by atoms with Gasteiger partial charge in [-0.05, 0) is 12.1 Å². The molecule has 96 valence electrons. The summed E-state index contributed by atoms with van der Waals surface area (Å²) in [4.78, 5) is 15.6. The zero-order chi connectivity index (χ0) is 14.0. The number of rotatable bonds is 1. The molecule has 0 fully saturated rings. The second kappa shape index (κ2) is 5.07. The van der Waals surface area contributed by atoms with Crippen LogP contribution in [0.2, 0.25) is 19.6 Å². The van der Waals surface area contributed by atoms with Gasteiger partial charge in [0.05, 0.1) is 0 Å². The van der Waals surface area contributed by atoms with E-state index in [0.717, 1.165) is 12.0 Å². The number of aldehydes is 1. The Morgan fingerprint density at radius 2 is 1.83 bits per heavy atom. The van der Waals surface area contributed by atoms with E-state index in [9.17, 15) is 4.79 Å². The summed E-state index contributed by atoms with van der Waals surface area (Å²) in [6.07, 6.45) is 0.827. The third kappa shape index (κ3) is 4.12. The second-order valence-electron chi connectivity index (χ2n) is 6.50. The molecule has 1 aromatic heterocycles. The van der Waals surface area contributed by atoms with Crippen molar-refractivity contribution in [2.75, 3.05) is 0 Å². The van der Waals surface area contributed by atoms with Crippen molar-refractivity contribution in [3.8, 4) is 11.5 Å². The highest BCUT2D eigenvalue weighted by atomic mass is 28.3. The average Bonchev–Trinajstić information content (AvgIpc) is 2.23. The number of aromatic nitrogens is 1. The molecule has 0 unspecified atom stereocenters. The van der Waals surface area contributed by atoms with E-state index in [1.807, 2.05) is 12.1 Å². The van der Waals surface area contributed by atoms with Crippen molar-refractivity contribution >= 4 is 14.4 Å². The van der Waals surface area contributed by atoms with Crippen LogP contribution in [0, 0.1) is 11.5 Å². The summed E-state index contributed by atoms with van der Waals surface area (Å²) in [5.41, 5.74) is 5.38. The molecule has 1 rings (SSSR count). The van der Waals surface area contributed by atoms with E-state index in [2.05, 4.69) is 56.9 Å². The van der Waals surface area contributed by atoms with E-state index in [4.69, 9.17) is 0 Å². The van der Waals surface area contributed by atoms with Crippen LogP contribution in [0.15, 0.2) is 12.1 Å². The number of pyridine rings is 1. The van der Waals surface area contributed by atoms with Crippen LogP contribution in [0.3, 0.4) is 0 Å². The molecule has 0 saturated carbocycles. The molecule has 0 aliphatic carbocycles. The van der Waals surface area contributed by atoms with E-state index in [-0.39, 0.29) is 5.41 Å². The number of carbonyl (C=O) groups excluding carboxylic acids is 1. The Morgan fingerprint density at radius 3 is 2.28 bits per heavy atom. The summed E-state index contributed by atoms with van der Waals surface area (Å²) in [5, 5.41) is 0. The minimum absolute atomic E-state index is 0.0307. The molecular weight excluding hydrogens is 238 g/mol. The average molecular weight is 259 g/mol. The molecule has 0 N–H and O–H groups in total. The molecule has 0 amide bonds. The van der Waals surface area contributed by atoms with E-state index in [1.54, 1.807) is 0 Å². The van der Waals surface area contributed by atoms with E-state index in [0.29, 0.717) is 11.3 Å². The fourth-order valence-electron chi connectivity index (χ4n) is 1.33. The first-order valence-corrected chi connectivity index (χ1v) is 9.63. The van der Waals surface area contributed by atoms with Gasteiger partial charge in [0.25, 0.3) is 0 Å². The van der Waals surface area contributed by atoms with Crippen molar-refractivity contribution in [3.05, 3.63) is 29.1 Å². The van der Waals surface area contributed by atoms with Crippen molar-refractivity contribution in [2.24, 2.45) is 0 Å². The molecule has 0 spiro atoms. The number of hydrogen-bond acceptors (Lipinski definition) is 2. The quantitative estimate of drug-likeness (QED) is 0.439. The van der Waals surface area contributed by atoms with Crippen LogP contribution >= 0.6 is 0 Å². The zero-order valence-electron chi connectivity index (χ0n) is 12.1. The summed E-state index contributed by atoms with van der Waals surface area (Å²) in [6.45, 7) is 12.8. The Hall–Kier alpha value is -1.40. The molecule has 1 heterocycles. The third-order valence-electron chi connectivity index (χ3n) is 2.38. The largest absolute Gasteiger partial charge is 0.298 e. The number of hydrogen-bond donors (Lipinski definition) is 0. The van der Waals surface area contributed by atoms with Gasteiger partial charge in [-0.3, -0.25) is 4.79 Å². The third-order valence-corrected chi connectivity index (χ3v) is 3.25. The lowest BCUT2D eigenvalue weighted by Crippen LogP contribution is -2.17. The summed E-state index contributed by atoms with van der Waals surface area (Å²) in [6, 6.07) is 3.72. The molecule has 0 aliphatic rings. The number of carbonyl (C=O) groups is 1. The Bertz CT molecular complexity index is 510. The van der Waals surface area contributed by atoms with E-state index >= 15 is 0 Å². The van der Waals surface area contributed by atoms with E-state index < -0.39 is 8.07 Å². The van der Waals surface area contributed by atoms with Gasteiger partial charge < -0.3 is 0 Å². The fourth-order valence-corrected chi connectivity index (χ4v) is 1.82. The maximum atomic E-state index is 11.0. The molecule has 3 heteroatoms. The first kappa shape index (κ1) is 14.7. The van der Waals surface area contributed by atoms with Crippen LogP contribution in [0.1, 0.15) is 42.5 Å². The highest BCUT2D eigenvalue weighted by Gasteiger charge is 2.17. The van der Waals surface area contributed by atoms with Gasteiger partial charge in [-0.2, -0.15) is 0 Å². The standard InChI is InChI=1S/C15H21NOSi/c1-15(2,3)14-8-7-12(11-17)13(16-14)9-10-18(4,5)6/h7-8,11H,1-6H3. The molecule has 0 bridgehead atoms. The molecule has 1 aromatic rings. The van der Waals surface area contributed by atoms with Crippen LogP contribution in [0.25, 0.3) is 0 Å². The topological polar surface area (TPSA) is 30.0 Å². The molecule has 18 heavy (non-hydrogen) atoms. The predicted molar refractivity (Wildman–Crippen MR) is 78.5 cm³/mol. The second-order valence-corrected chi connectivity index (χ2v) is 11.3. The van der Waals surface area contributed by atoms with Gasteiger partial charge in [-0.15, -0.1) is 5.54 Å². The van der Waals surface area contributed by atoms with Crippen LogP contribution in [0.4, 0.5) is 0 Å². The zero-order valence-corrected chi connectivity index (χ0v) is 13.1. The first-order valence-electron chi connectivity index (χ1n) is 6.13. The summed E-state index contributed by atoms with van der Waals surface area (Å²) < 4.78 is 0. The van der Waals surface area contributed by atoms with Gasteiger partial charge in [-0.1, -0.05) is 46.3 Å². The van der Waals surface area contributed by atoms with Gasteiger partial charge in [0.15, 0.2) is 6.29 Å². The number of nitrogens with zero attached hydrogens (tertiary/aromatic N) is 1. The highest BCUT2D eigenvalue weighted by Crippen LogP contribution is 2.20. The summed E-state index contributed by atoms with van der Waals surface area (Å²) in [7, 11) is -1.46. The lowest BCUT2D eigenvalue weighted by atomic mass is 9.91. The highest BCUT2D eigenvalue weighted by molar-refractivity contribution is 6.83.